The first-order valence-corrected chi connectivity index (χ1v) is 9.63. The Morgan fingerprint density at radius 2 is 1.83 bits per heavy atom. The Kier molecular flexibility index (Phi) is 5.48. The lowest BCUT2D eigenvalue weighted by atomic mass is 10.0. The van der Waals surface area contributed by atoms with Gasteiger partial charge in [-0.2, -0.15) is 0 Å². The van der Waals surface area contributed by atoms with Crippen molar-refractivity contribution in [2.45, 2.75) is 12.5 Å². The second kappa shape index (κ2) is 8.36. The zero-order valence-electron chi connectivity index (χ0n) is 15.9. The summed E-state index contributed by atoms with van der Waals surface area (Å²) in [4.78, 5) is 29.7. The van der Waals surface area contributed by atoms with Gasteiger partial charge in [0, 0.05) is 47.9 Å². The number of nitrogens with one attached hydrogen (secondary N) is 2. The van der Waals surface area contributed by atoms with Crippen molar-refractivity contribution in [3.05, 3.63) is 65.9 Å². The molecule has 1 aromatic heterocycles. The Balaban J connectivity index is 1.45. The van der Waals surface area contributed by atoms with E-state index >= 15 is 0 Å². The molecule has 1 fully saturated rings. The Bertz CT molecular complexity index is 1010. The number of H-pyrrole nitrogens is 1. The van der Waals surface area contributed by atoms with Gasteiger partial charge in [-0.1, -0.05) is 18.2 Å². The fourth-order valence-corrected chi connectivity index (χ4v) is 3.61. The lowest BCUT2D eigenvalue weighted by Crippen LogP contribution is -2.42. The largest absolute Gasteiger partial charge is 0.480 e. The highest BCUT2D eigenvalue weighted by Gasteiger charge is 2.22. The Morgan fingerprint density at radius 3 is 2.55 bits per heavy atom. The number of benzene rings is 2. The van der Waals surface area contributed by atoms with Crippen molar-refractivity contribution in [3.63, 3.8) is 0 Å². The van der Waals surface area contributed by atoms with Gasteiger partial charge >= 0.3 is 5.97 Å². The summed E-state index contributed by atoms with van der Waals surface area (Å²) >= 11 is 0. The molecule has 1 aliphatic heterocycles. The van der Waals surface area contributed by atoms with E-state index in [0.717, 1.165) is 35.2 Å². The van der Waals surface area contributed by atoms with Crippen molar-refractivity contribution in [2.75, 3.05) is 31.2 Å². The lowest BCUT2D eigenvalue weighted by molar-refractivity contribution is -0.139. The van der Waals surface area contributed by atoms with E-state index in [1.165, 1.54) is 0 Å². The third-order valence-corrected chi connectivity index (χ3v) is 5.21. The Labute approximate surface area is 168 Å². The molecule has 1 saturated heterocycles. The summed E-state index contributed by atoms with van der Waals surface area (Å²) in [6, 6.07) is 13.9. The zero-order chi connectivity index (χ0) is 20.2. The topological polar surface area (TPSA) is 94.7 Å². The zero-order valence-corrected chi connectivity index (χ0v) is 15.9. The van der Waals surface area contributed by atoms with E-state index in [4.69, 9.17) is 4.74 Å². The number of aromatic amines is 1. The van der Waals surface area contributed by atoms with Gasteiger partial charge in [0.2, 0.25) is 0 Å². The van der Waals surface area contributed by atoms with Crippen LogP contribution in [0.25, 0.3) is 10.9 Å². The van der Waals surface area contributed by atoms with Crippen LogP contribution in [0.5, 0.6) is 0 Å². The number of hydrogen-bond acceptors (Lipinski definition) is 4. The number of hydrogen-bond donors (Lipinski definition) is 3. The van der Waals surface area contributed by atoms with E-state index in [9.17, 15) is 14.7 Å². The quantitative estimate of drug-likeness (QED) is 0.598. The van der Waals surface area contributed by atoms with Gasteiger partial charge in [-0.05, 0) is 35.9 Å². The molecule has 0 bridgehead atoms. The van der Waals surface area contributed by atoms with Crippen LogP contribution in [0, 0.1) is 0 Å². The van der Waals surface area contributed by atoms with E-state index in [0.29, 0.717) is 18.8 Å². The average Bonchev–Trinajstić information content (AvgIpc) is 3.17. The SMILES string of the molecule is O=C(NC(Cc1c[nH]c2ccccc12)C(=O)O)c1ccc(N2CCOCC2)cc1. The van der Waals surface area contributed by atoms with Crippen LogP contribution >= 0.6 is 0 Å². The van der Waals surface area contributed by atoms with Gasteiger partial charge in [0.1, 0.15) is 6.04 Å². The fraction of sp³-hybridized carbons (Fsp3) is 0.273. The third kappa shape index (κ3) is 4.25. The van der Waals surface area contributed by atoms with Gasteiger partial charge in [-0.3, -0.25) is 4.79 Å². The molecule has 7 nitrogen and oxygen atoms in total. The molecule has 2 aromatic carbocycles. The van der Waals surface area contributed by atoms with Gasteiger partial charge in [0.25, 0.3) is 5.91 Å². The van der Waals surface area contributed by atoms with Crippen LogP contribution < -0.4 is 10.2 Å². The number of amides is 1. The molecule has 3 N–H and O–H groups in total. The molecular formula is C22H23N3O4. The summed E-state index contributed by atoms with van der Waals surface area (Å²) in [6.45, 7) is 3.02. The van der Waals surface area contributed by atoms with Crippen molar-refractivity contribution in [3.8, 4) is 0 Å². The summed E-state index contributed by atoms with van der Waals surface area (Å²) in [5.41, 5.74) is 3.26. The summed E-state index contributed by atoms with van der Waals surface area (Å²) in [6.07, 6.45) is 2.00. The number of aromatic nitrogens is 1. The number of carboxylic acids is 1. The molecule has 0 aliphatic carbocycles. The van der Waals surface area contributed by atoms with Crippen LogP contribution in [0.2, 0.25) is 0 Å². The lowest BCUT2D eigenvalue weighted by Gasteiger charge is -2.28. The van der Waals surface area contributed by atoms with Gasteiger partial charge in [-0.15, -0.1) is 0 Å². The smallest absolute Gasteiger partial charge is 0.326 e. The number of rotatable bonds is 6. The highest BCUT2D eigenvalue weighted by molar-refractivity contribution is 5.97. The minimum absolute atomic E-state index is 0.205. The molecule has 3 aromatic rings. The van der Waals surface area contributed by atoms with Gasteiger partial charge < -0.3 is 25.0 Å². The predicted octanol–water partition coefficient (Wildman–Crippen LogP) is 2.43. The monoisotopic (exact) mass is 393 g/mol. The van der Waals surface area contributed by atoms with E-state index in [1.54, 1.807) is 18.3 Å². The first kappa shape index (κ1) is 19.0. The molecule has 1 aliphatic rings. The third-order valence-electron chi connectivity index (χ3n) is 5.21. The van der Waals surface area contributed by atoms with Crippen LogP contribution in [0.3, 0.4) is 0 Å². The minimum Gasteiger partial charge on any atom is -0.480 e. The van der Waals surface area contributed by atoms with Crippen molar-refractivity contribution in [1.82, 2.24) is 10.3 Å². The van der Waals surface area contributed by atoms with Gasteiger partial charge in [0.05, 0.1) is 13.2 Å². The summed E-state index contributed by atoms with van der Waals surface area (Å²) in [5.74, 6) is -1.46. The van der Waals surface area contributed by atoms with E-state index in [1.807, 2.05) is 36.4 Å². The van der Waals surface area contributed by atoms with Crippen LogP contribution in [0.4, 0.5) is 5.69 Å². The molecule has 4 rings (SSSR count). The summed E-state index contributed by atoms with van der Waals surface area (Å²) in [5, 5.41) is 13.2. The number of fused-ring (bicyclic) bond motifs is 1. The maximum absolute atomic E-state index is 12.6. The normalized spacial score (nSPS) is 15.2. The molecule has 0 radical (unpaired) electrons. The molecule has 2 heterocycles. The molecule has 0 spiro atoms. The van der Waals surface area contributed by atoms with Crippen molar-refractivity contribution in [2.24, 2.45) is 0 Å². The fourth-order valence-electron chi connectivity index (χ4n) is 3.61. The van der Waals surface area contributed by atoms with E-state index < -0.39 is 17.9 Å². The standard InChI is InChI=1S/C22H23N3O4/c26-21(15-5-7-17(8-6-15)25-9-11-29-12-10-25)24-20(22(27)28)13-16-14-23-19-4-2-1-3-18(16)19/h1-8,14,20,23H,9-13H2,(H,24,26)(H,27,28). The Hall–Kier alpha value is -3.32. The van der Waals surface area contributed by atoms with E-state index in [-0.39, 0.29) is 6.42 Å². The second-order valence-electron chi connectivity index (χ2n) is 7.07. The Morgan fingerprint density at radius 1 is 1.10 bits per heavy atom. The first-order valence-electron chi connectivity index (χ1n) is 9.63. The second-order valence-corrected chi connectivity index (χ2v) is 7.07. The number of carboxylic acid groups (broad SMARTS) is 1. The number of aliphatic carboxylic acids is 1. The van der Waals surface area contributed by atoms with E-state index in [2.05, 4.69) is 15.2 Å². The average molecular weight is 393 g/mol. The van der Waals surface area contributed by atoms with Crippen LogP contribution in [0.15, 0.2) is 54.7 Å². The van der Waals surface area contributed by atoms with Gasteiger partial charge in [-0.25, -0.2) is 4.79 Å². The molecule has 0 saturated carbocycles. The van der Waals surface area contributed by atoms with Crippen molar-refractivity contribution >= 4 is 28.5 Å². The molecular weight excluding hydrogens is 370 g/mol. The molecule has 1 atom stereocenters. The van der Waals surface area contributed by atoms with Crippen LogP contribution in [-0.4, -0.2) is 54.3 Å². The van der Waals surface area contributed by atoms with Crippen LogP contribution in [-0.2, 0) is 16.0 Å². The number of anilines is 1. The maximum atomic E-state index is 12.6. The number of carbonyl (C=O) groups is 2. The first-order chi connectivity index (χ1) is 14.1. The molecule has 150 valence electrons. The summed E-state index contributed by atoms with van der Waals surface area (Å²) in [7, 11) is 0. The number of nitrogens with zero attached hydrogens (tertiary/aromatic N) is 1. The van der Waals surface area contributed by atoms with Crippen molar-refractivity contribution < 1.29 is 19.4 Å². The van der Waals surface area contributed by atoms with Crippen molar-refractivity contribution in [1.29, 1.82) is 0 Å². The number of carbonyl (C=O) groups excluding carboxylic acids is 1. The highest BCUT2D eigenvalue weighted by Crippen LogP contribution is 2.20. The number of para-hydroxylation sites is 1. The minimum atomic E-state index is -1.06. The van der Waals surface area contributed by atoms with Gasteiger partial charge in [0.15, 0.2) is 0 Å². The van der Waals surface area contributed by atoms with Crippen LogP contribution in [0.1, 0.15) is 15.9 Å². The maximum Gasteiger partial charge on any atom is 0.326 e. The number of morpholine rings is 1. The molecule has 1 unspecified atom stereocenters. The molecule has 7 heteroatoms. The molecule has 1 amide bonds. The number of ether oxygens (including phenoxy) is 1. The predicted molar refractivity (Wildman–Crippen MR) is 110 cm³/mol. The summed E-state index contributed by atoms with van der Waals surface area (Å²) < 4.78 is 5.36. The highest BCUT2D eigenvalue weighted by atomic mass is 16.5. The molecule has 29 heavy (non-hydrogen) atoms.